The van der Waals surface area contributed by atoms with Gasteiger partial charge < -0.3 is 10.5 Å². The van der Waals surface area contributed by atoms with Crippen LogP contribution in [0.3, 0.4) is 0 Å². The summed E-state index contributed by atoms with van der Waals surface area (Å²) in [6.07, 6.45) is 6.15. The highest BCUT2D eigenvalue weighted by Crippen LogP contribution is 2.60. The van der Waals surface area contributed by atoms with Gasteiger partial charge in [-0.25, -0.2) is 4.79 Å². The van der Waals surface area contributed by atoms with E-state index in [1.54, 1.807) is 23.7 Å². The lowest BCUT2D eigenvalue weighted by Crippen LogP contribution is -2.61. The van der Waals surface area contributed by atoms with Gasteiger partial charge in [0.15, 0.2) is 5.82 Å². The number of ether oxygens (including phenoxy) is 1. The van der Waals surface area contributed by atoms with Crippen LogP contribution >= 0.6 is 0 Å². The first-order chi connectivity index (χ1) is 13.1. The monoisotopic (exact) mass is 367 g/mol. The van der Waals surface area contributed by atoms with Crippen LogP contribution in [0.4, 0.5) is 0 Å². The van der Waals surface area contributed by atoms with E-state index in [9.17, 15) is 4.79 Å². The van der Waals surface area contributed by atoms with Crippen LogP contribution in [0.15, 0.2) is 24.3 Å². The molecule has 0 aliphatic heterocycles. The van der Waals surface area contributed by atoms with Crippen LogP contribution in [0.25, 0.3) is 5.69 Å². The molecule has 2 N–H and O–H groups in total. The van der Waals surface area contributed by atoms with Gasteiger partial charge in [0.1, 0.15) is 0 Å². The molecule has 4 aliphatic rings. The second-order valence-corrected chi connectivity index (χ2v) is 8.42. The Kier molecular flexibility index (Phi) is 3.82. The van der Waals surface area contributed by atoms with Gasteiger partial charge in [0.05, 0.1) is 23.4 Å². The summed E-state index contributed by atoms with van der Waals surface area (Å²) in [5, 5.41) is 12.6. The van der Waals surface area contributed by atoms with Crippen LogP contribution < -0.4 is 5.73 Å². The standard InChI is InChI=1S/C20H25N5O2/c1-2-27-18(26)14-3-5-17(6-4-14)25-19(22-23-24-25)20(21)15-8-12-7-13(10-15)11-16(20)9-12/h3-6,12-13,15-16H,2,7-11,21H2,1H3. The van der Waals surface area contributed by atoms with Crippen molar-refractivity contribution in [3.8, 4) is 5.69 Å². The Hall–Kier alpha value is -2.28. The first kappa shape index (κ1) is 16.9. The molecule has 1 aromatic heterocycles. The lowest BCUT2D eigenvalue weighted by atomic mass is 9.48. The van der Waals surface area contributed by atoms with E-state index in [4.69, 9.17) is 10.5 Å². The number of nitrogens with zero attached hydrogens (tertiary/aromatic N) is 4. The molecule has 1 heterocycles. The predicted molar refractivity (Wildman–Crippen MR) is 98.0 cm³/mol. The fraction of sp³-hybridized carbons (Fsp3) is 0.600. The Morgan fingerprint density at radius 1 is 1.15 bits per heavy atom. The third-order valence-corrected chi connectivity index (χ3v) is 6.97. The number of hydrogen-bond donors (Lipinski definition) is 1. The van der Waals surface area contributed by atoms with Crippen molar-refractivity contribution in [1.29, 1.82) is 0 Å². The van der Waals surface area contributed by atoms with Crippen LogP contribution in [-0.2, 0) is 10.3 Å². The maximum atomic E-state index is 11.9. The quantitative estimate of drug-likeness (QED) is 0.834. The normalized spacial score (nSPS) is 34.0. The molecule has 0 radical (unpaired) electrons. The van der Waals surface area contributed by atoms with E-state index in [0.717, 1.165) is 23.3 Å². The summed E-state index contributed by atoms with van der Waals surface area (Å²) in [5.74, 6) is 3.02. The molecule has 4 aliphatic carbocycles. The van der Waals surface area contributed by atoms with Gasteiger partial charge >= 0.3 is 5.97 Å². The second-order valence-electron chi connectivity index (χ2n) is 8.42. The minimum Gasteiger partial charge on any atom is -0.462 e. The van der Waals surface area contributed by atoms with Crippen molar-refractivity contribution in [3.05, 3.63) is 35.7 Å². The molecule has 4 fully saturated rings. The molecule has 0 spiro atoms. The number of rotatable bonds is 4. The third-order valence-electron chi connectivity index (χ3n) is 6.97. The average molecular weight is 367 g/mol. The van der Waals surface area contributed by atoms with Crippen molar-refractivity contribution in [1.82, 2.24) is 20.2 Å². The molecule has 4 saturated carbocycles. The van der Waals surface area contributed by atoms with Crippen molar-refractivity contribution < 1.29 is 9.53 Å². The molecule has 142 valence electrons. The second kappa shape index (κ2) is 6.12. The minimum atomic E-state index is -0.462. The van der Waals surface area contributed by atoms with E-state index >= 15 is 0 Å². The fourth-order valence-corrected chi connectivity index (χ4v) is 5.91. The fourth-order valence-electron chi connectivity index (χ4n) is 5.91. The van der Waals surface area contributed by atoms with E-state index in [0.29, 0.717) is 24.0 Å². The molecule has 2 aromatic rings. The number of benzene rings is 1. The largest absolute Gasteiger partial charge is 0.462 e. The Bertz CT molecular complexity index is 832. The van der Waals surface area contributed by atoms with Gasteiger partial charge in [0.25, 0.3) is 0 Å². The maximum Gasteiger partial charge on any atom is 0.338 e. The van der Waals surface area contributed by atoms with E-state index in [1.165, 1.54) is 32.1 Å². The number of tetrazole rings is 1. The van der Waals surface area contributed by atoms with Gasteiger partial charge in [-0.1, -0.05) is 0 Å². The lowest BCUT2D eigenvalue weighted by Gasteiger charge is -2.58. The first-order valence-corrected chi connectivity index (χ1v) is 9.94. The molecule has 0 amide bonds. The Morgan fingerprint density at radius 2 is 1.78 bits per heavy atom. The number of nitrogens with two attached hydrogens (primary N) is 1. The molecule has 0 saturated heterocycles. The van der Waals surface area contributed by atoms with Gasteiger partial charge in [-0.2, -0.15) is 4.68 Å². The summed E-state index contributed by atoms with van der Waals surface area (Å²) in [4.78, 5) is 11.9. The summed E-state index contributed by atoms with van der Waals surface area (Å²) in [6.45, 7) is 2.16. The summed E-state index contributed by atoms with van der Waals surface area (Å²) >= 11 is 0. The lowest BCUT2D eigenvalue weighted by molar-refractivity contribution is -0.0633. The number of carbonyl (C=O) groups is 1. The predicted octanol–water partition coefficient (Wildman–Crippen LogP) is 2.45. The van der Waals surface area contributed by atoms with Gasteiger partial charge in [0.2, 0.25) is 0 Å². The Labute approximate surface area is 158 Å². The summed E-state index contributed by atoms with van der Waals surface area (Å²) in [7, 11) is 0. The zero-order valence-corrected chi connectivity index (χ0v) is 15.5. The van der Waals surface area contributed by atoms with Gasteiger partial charge in [-0.3, -0.25) is 0 Å². The third kappa shape index (κ3) is 2.51. The molecule has 0 unspecified atom stereocenters. The summed E-state index contributed by atoms with van der Waals surface area (Å²) in [6, 6.07) is 7.20. The maximum absolute atomic E-state index is 11.9. The van der Waals surface area contributed by atoms with Crippen molar-refractivity contribution in [3.63, 3.8) is 0 Å². The van der Waals surface area contributed by atoms with E-state index in [2.05, 4.69) is 15.5 Å². The van der Waals surface area contributed by atoms with Gasteiger partial charge in [-0.15, -0.1) is 5.10 Å². The number of carbonyl (C=O) groups excluding carboxylic acids is 1. The topological polar surface area (TPSA) is 95.9 Å². The molecular formula is C20H25N5O2. The van der Waals surface area contributed by atoms with E-state index < -0.39 is 5.54 Å². The van der Waals surface area contributed by atoms with Crippen molar-refractivity contribution in [2.24, 2.45) is 29.4 Å². The van der Waals surface area contributed by atoms with Crippen LogP contribution in [0.5, 0.6) is 0 Å². The number of hydrogen-bond acceptors (Lipinski definition) is 6. The minimum absolute atomic E-state index is 0.322. The molecule has 27 heavy (non-hydrogen) atoms. The summed E-state index contributed by atoms with van der Waals surface area (Å²) < 4.78 is 6.81. The SMILES string of the molecule is CCOC(=O)c1ccc(-n2nnnc2C2(N)C3CC4CC(C3)CC2C4)cc1. The van der Waals surface area contributed by atoms with Crippen molar-refractivity contribution in [2.45, 2.75) is 44.6 Å². The highest BCUT2D eigenvalue weighted by Gasteiger charge is 2.58. The van der Waals surface area contributed by atoms with E-state index in [1.807, 2.05) is 12.1 Å². The molecule has 0 atom stereocenters. The van der Waals surface area contributed by atoms with Crippen LogP contribution in [0.1, 0.15) is 55.2 Å². The molecule has 7 nitrogen and oxygen atoms in total. The van der Waals surface area contributed by atoms with Gasteiger partial charge in [-0.05, 0) is 97.4 Å². The van der Waals surface area contributed by atoms with Gasteiger partial charge in [0, 0.05) is 0 Å². The van der Waals surface area contributed by atoms with E-state index in [-0.39, 0.29) is 5.97 Å². The zero-order chi connectivity index (χ0) is 18.6. The van der Waals surface area contributed by atoms with Crippen LogP contribution in [-0.4, -0.2) is 32.8 Å². The molecule has 4 bridgehead atoms. The molecule has 7 heteroatoms. The Balaban J connectivity index is 1.49. The highest BCUT2D eigenvalue weighted by molar-refractivity contribution is 5.89. The van der Waals surface area contributed by atoms with Crippen molar-refractivity contribution in [2.75, 3.05) is 6.61 Å². The molecule has 1 aromatic carbocycles. The van der Waals surface area contributed by atoms with Crippen molar-refractivity contribution >= 4 is 5.97 Å². The first-order valence-electron chi connectivity index (χ1n) is 9.94. The highest BCUT2D eigenvalue weighted by atomic mass is 16.5. The van der Waals surface area contributed by atoms with Crippen LogP contribution in [0, 0.1) is 23.7 Å². The molecule has 6 rings (SSSR count). The van der Waals surface area contributed by atoms with Crippen LogP contribution in [0.2, 0.25) is 0 Å². The smallest absolute Gasteiger partial charge is 0.338 e. The summed E-state index contributed by atoms with van der Waals surface area (Å²) in [5.41, 5.74) is 7.96. The molecular weight excluding hydrogens is 342 g/mol. The number of aromatic nitrogens is 4. The average Bonchev–Trinajstić information content (AvgIpc) is 3.16. The zero-order valence-electron chi connectivity index (χ0n) is 15.5. The Morgan fingerprint density at radius 3 is 2.37 bits per heavy atom. The number of esters is 1.